The summed E-state index contributed by atoms with van der Waals surface area (Å²) in [5, 5.41) is 23.4. The van der Waals surface area contributed by atoms with E-state index in [2.05, 4.69) is 22.8 Å². The van der Waals surface area contributed by atoms with Crippen LogP contribution in [0.4, 0.5) is 4.79 Å². The highest BCUT2D eigenvalue weighted by Gasteiger charge is 2.26. The summed E-state index contributed by atoms with van der Waals surface area (Å²) in [5.41, 5.74) is 1.26. The predicted molar refractivity (Wildman–Crippen MR) is 85.6 cm³/mol. The van der Waals surface area contributed by atoms with Crippen LogP contribution in [0.25, 0.3) is 0 Å². The zero-order valence-corrected chi connectivity index (χ0v) is 12.9. The standard InChI is InChI=1S/C17H26N2O3/c20-11-15(12-21)19-17(22)18-10-16(14-8-4-5-9-14)13-6-2-1-3-7-13/h1-3,6-7,14-16,20-21H,4-5,8-12H2,(H2,18,19,22). The van der Waals surface area contributed by atoms with Gasteiger partial charge in [0, 0.05) is 12.5 Å². The van der Waals surface area contributed by atoms with Gasteiger partial charge in [-0.25, -0.2) is 4.79 Å². The van der Waals surface area contributed by atoms with Gasteiger partial charge in [-0.3, -0.25) is 0 Å². The SMILES string of the molecule is O=C(NCC(c1ccccc1)C1CCCC1)NC(CO)CO. The lowest BCUT2D eigenvalue weighted by atomic mass is 9.85. The molecule has 1 atom stereocenters. The van der Waals surface area contributed by atoms with Gasteiger partial charge in [0.25, 0.3) is 0 Å². The maximum absolute atomic E-state index is 11.9. The van der Waals surface area contributed by atoms with Crippen molar-refractivity contribution < 1.29 is 15.0 Å². The largest absolute Gasteiger partial charge is 0.394 e. The Kier molecular flexibility index (Phi) is 6.68. The second-order valence-corrected chi connectivity index (χ2v) is 5.98. The number of aliphatic hydroxyl groups excluding tert-OH is 2. The number of aliphatic hydroxyl groups is 2. The molecule has 2 rings (SSSR count). The van der Waals surface area contributed by atoms with Gasteiger partial charge in [-0.15, -0.1) is 0 Å². The molecule has 1 saturated carbocycles. The quantitative estimate of drug-likeness (QED) is 0.618. The number of hydrogen-bond acceptors (Lipinski definition) is 3. The zero-order chi connectivity index (χ0) is 15.8. The van der Waals surface area contributed by atoms with Gasteiger partial charge >= 0.3 is 6.03 Å². The van der Waals surface area contributed by atoms with E-state index in [0.717, 1.165) is 0 Å². The molecule has 0 aliphatic heterocycles. The number of carbonyl (C=O) groups is 1. The van der Waals surface area contributed by atoms with Crippen molar-refractivity contribution in [3.63, 3.8) is 0 Å². The van der Waals surface area contributed by atoms with Crippen LogP contribution in [0.5, 0.6) is 0 Å². The van der Waals surface area contributed by atoms with Gasteiger partial charge in [-0.1, -0.05) is 43.2 Å². The second kappa shape index (κ2) is 8.76. The first-order chi connectivity index (χ1) is 10.7. The van der Waals surface area contributed by atoms with Crippen molar-refractivity contribution in [3.05, 3.63) is 35.9 Å². The maximum Gasteiger partial charge on any atom is 0.315 e. The van der Waals surface area contributed by atoms with Crippen molar-refractivity contribution in [1.82, 2.24) is 10.6 Å². The molecule has 1 aromatic carbocycles. The molecule has 0 heterocycles. The Morgan fingerprint density at radius 1 is 1.14 bits per heavy atom. The lowest BCUT2D eigenvalue weighted by molar-refractivity contribution is 0.168. The van der Waals surface area contributed by atoms with E-state index >= 15 is 0 Å². The van der Waals surface area contributed by atoms with E-state index in [9.17, 15) is 4.79 Å². The van der Waals surface area contributed by atoms with Gasteiger partial charge in [0.1, 0.15) is 0 Å². The molecule has 0 bridgehead atoms. The van der Waals surface area contributed by atoms with E-state index in [0.29, 0.717) is 18.4 Å². The van der Waals surface area contributed by atoms with E-state index < -0.39 is 6.04 Å². The smallest absolute Gasteiger partial charge is 0.315 e. The lowest BCUT2D eigenvalue weighted by Gasteiger charge is -2.25. The average Bonchev–Trinajstić information content (AvgIpc) is 3.08. The molecular formula is C17H26N2O3. The van der Waals surface area contributed by atoms with E-state index in [4.69, 9.17) is 10.2 Å². The maximum atomic E-state index is 11.9. The first-order valence-electron chi connectivity index (χ1n) is 8.05. The number of benzene rings is 1. The van der Waals surface area contributed by atoms with Crippen LogP contribution in [0.3, 0.4) is 0 Å². The van der Waals surface area contributed by atoms with E-state index in [1.54, 1.807) is 0 Å². The molecule has 0 aromatic heterocycles. The molecule has 122 valence electrons. The van der Waals surface area contributed by atoms with Crippen molar-refractivity contribution in [1.29, 1.82) is 0 Å². The molecular weight excluding hydrogens is 280 g/mol. The van der Waals surface area contributed by atoms with Gasteiger partial charge in [0.05, 0.1) is 19.3 Å². The number of urea groups is 1. The highest BCUT2D eigenvalue weighted by atomic mass is 16.3. The van der Waals surface area contributed by atoms with Gasteiger partial charge in [-0.05, 0) is 24.3 Å². The molecule has 5 nitrogen and oxygen atoms in total. The Bertz CT molecular complexity index is 442. The molecule has 1 aliphatic carbocycles. The van der Waals surface area contributed by atoms with Crippen LogP contribution in [-0.4, -0.2) is 42.0 Å². The fourth-order valence-electron chi connectivity index (χ4n) is 3.20. The third-order valence-electron chi connectivity index (χ3n) is 4.46. The van der Waals surface area contributed by atoms with Crippen LogP contribution in [0.1, 0.15) is 37.2 Å². The molecule has 1 aliphatic rings. The Balaban J connectivity index is 1.94. The van der Waals surface area contributed by atoms with Gasteiger partial charge in [0.15, 0.2) is 0 Å². The summed E-state index contributed by atoms with van der Waals surface area (Å²) in [4.78, 5) is 11.9. The molecule has 5 heteroatoms. The first-order valence-corrected chi connectivity index (χ1v) is 8.05. The molecule has 1 unspecified atom stereocenters. The highest BCUT2D eigenvalue weighted by molar-refractivity contribution is 5.74. The Morgan fingerprint density at radius 2 is 1.77 bits per heavy atom. The fourth-order valence-corrected chi connectivity index (χ4v) is 3.20. The second-order valence-electron chi connectivity index (χ2n) is 5.98. The lowest BCUT2D eigenvalue weighted by Crippen LogP contribution is -2.46. The number of nitrogens with one attached hydrogen (secondary N) is 2. The molecule has 2 amide bonds. The highest BCUT2D eigenvalue weighted by Crippen LogP contribution is 2.36. The van der Waals surface area contributed by atoms with Crippen molar-refractivity contribution >= 4 is 6.03 Å². The monoisotopic (exact) mass is 306 g/mol. The summed E-state index contributed by atoms with van der Waals surface area (Å²) in [6, 6.07) is 9.35. The topological polar surface area (TPSA) is 81.6 Å². The van der Waals surface area contributed by atoms with Crippen LogP contribution in [0.15, 0.2) is 30.3 Å². The molecule has 1 fully saturated rings. The Hall–Kier alpha value is -1.59. The van der Waals surface area contributed by atoms with Crippen molar-refractivity contribution in [2.45, 2.75) is 37.6 Å². The Labute approximate surface area is 131 Å². The van der Waals surface area contributed by atoms with E-state index in [1.165, 1.54) is 31.2 Å². The minimum absolute atomic E-state index is 0.269. The first kappa shape index (κ1) is 16.8. The normalized spacial score (nSPS) is 16.7. The minimum Gasteiger partial charge on any atom is -0.394 e. The van der Waals surface area contributed by atoms with Crippen LogP contribution in [0, 0.1) is 5.92 Å². The van der Waals surface area contributed by atoms with Crippen molar-refractivity contribution in [3.8, 4) is 0 Å². The average molecular weight is 306 g/mol. The zero-order valence-electron chi connectivity index (χ0n) is 12.9. The Morgan fingerprint density at radius 3 is 2.36 bits per heavy atom. The molecule has 22 heavy (non-hydrogen) atoms. The van der Waals surface area contributed by atoms with Crippen LogP contribution in [-0.2, 0) is 0 Å². The van der Waals surface area contributed by atoms with Crippen molar-refractivity contribution in [2.75, 3.05) is 19.8 Å². The summed E-state index contributed by atoms with van der Waals surface area (Å²) in [7, 11) is 0. The minimum atomic E-state index is -0.610. The van der Waals surface area contributed by atoms with Crippen LogP contribution >= 0.6 is 0 Å². The van der Waals surface area contributed by atoms with E-state index in [1.807, 2.05) is 18.2 Å². The fraction of sp³-hybridized carbons (Fsp3) is 0.588. The molecule has 0 spiro atoms. The molecule has 0 radical (unpaired) electrons. The summed E-state index contributed by atoms with van der Waals surface area (Å²) in [6.45, 7) is 0.0351. The van der Waals surface area contributed by atoms with Gasteiger partial charge < -0.3 is 20.8 Å². The van der Waals surface area contributed by atoms with Crippen molar-refractivity contribution in [2.24, 2.45) is 5.92 Å². The number of rotatable bonds is 7. The third kappa shape index (κ3) is 4.71. The summed E-state index contributed by atoms with van der Waals surface area (Å²) >= 11 is 0. The third-order valence-corrected chi connectivity index (χ3v) is 4.46. The van der Waals surface area contributed by atoms with Gasteiger partial charge in [0.2, 0.25) is 0 Å². The summed E-state index contributed by atoms with van der Waals surface area (Å²) in [6.07, 6.45) is 4.94. The summed E-state index contributed by atoms with van der Waals surface area (Å²) in [5.74, 6) is 0.922. The number of amides is 2. The molecule has 1 aromatic rings. The molecule has 0 saturated heterocycles. The van der Waals surface area contributed by atoms with Gasteiger partial charge in [-0.2, -0.15) is 0 Å². The van der Waals surface area contributed by atoms with Crippen LogP contribution < -0.4 is 10.6 Å². The predicted octanol–water partition coefficient (Wildman–Crippen LogP) is 1.61. The number of hydrogen-bond donors (Lipinski definition) is 4. The summed E-state index contributed by atoms with van der Waals surface area (Å²) < 4.78 is 0. The van der Waals surface area contributed by atoms with E-state index in [-0.39, 0.29) is 19.2 Å². The molecule has 4 N–H and O–H groups in total. The van der Waals surface area contributed by atoms with Crippen LogP contribution in [0.2, 0.25) is 0 Å². The number of carbonyl (C=O) groups excluding carboxylic acids is 1.